The van der Waals surface area contributed by atoms with Crippen LogP contribution in [-0.4, -0.2) is 6.04 Å². The van der Waals surface area contributed by atoms with Gasteiger partial charge in [0.25, 0.3) is 0 Å². The molecule has 2 nitrogen and oxygen atoms in total. The van der Waals surface area contributed by atoms with Gasteiger partial charge < -0.3 is 9.73 Å². The van der Waals surface area contributed by atoms with Crippen molar-refractivity contribution < 1.29 is 4.42 Å². The largest absolute Gasteiger partial charge is 0.448 e. The normalized spacial score (nSPS) is 26.8. The Kier molecular flexibility index (Phi) is 3.71. The van der Waals surface area contributed by atoms with E-state index in [-0.39, 0.29) is 0 Å². The minimum atomic E-state index is 0.476. The van der Waals surface area contributed by atoms with Gasteiger partial charge in [-0.15, -0.1) is 0 Å². The fourth-order valence-corrected chi connectivity index (χ4v) is 2.32. The van der Waals surface area contributed by atoms with Crippen LogP contribution in [0.1, 0.15) is 38.4 Å². The van der Waals surface area contributed by atoms with Gasteiger partial charge in [-0.25, -0.2) is 0 Å². The summed E-state index contributed by atoms with van der Waals surface area (Å²) in [6.45, 7) is 3.13. The molecule has 15 heavy (non-hydrogen) atoms. The van der Waals surface area contributed by atoms with E-state index in [1.807, 2.05) is 6.07 Å². The van der Waals surface area contributed by atoms with Crippen LogP contribution in [0.2, 0.25) is 5.22 Å². The van der Waals surface area contributed by atoms with Crippen molar-refractivity contribution >= 4 is 11.6 Å². The first-order valence-electron chi connectivity index (χ1n) is 5.71. The smallest absolute Gasteiger partial charge is 0.193 e. The second-order valence-corrected chi connectivity index (χ2v) is 4.92. The fourth-order valence-electron chi connectivity index (χ4n) is 2.16. The summed E-state index contributed by atoms with van der Waals surface area (Å²) in [5.74, 6) is 1.83. The molecule has 1 N–H and O–H groups in total. The summed E-state index contributed by atoms with van der Waals surface area (Å²) in [6.07, 6.45) is 5.26. The van der Waals surface area contributed by atoms with Gasteiger partial charge in [-0.2, -0.15) is 0 Å². The van der Waals surface area contributed by atoms with E-state index in [2.05, 4.69) is 12.2 Å². The molecule has 0 aromatic carbocycles. The molecule has 3 heteroatoms. The molecule has 0 atom stereocenters. The topological polar surface area (TPSA) is 25.2 Å². The van der Waals surface area contributed by atoms with Gasteiger partial charge in [0.2, 0.25) is 0 Å². The average molecular weight is 228 g/mol. The van der Waals surface area contributed by atoms with E-state index in [4.69, 9.17) is 16.0 Å². The van der Waals surface area contributed by atoms with E-state index in [1.165, 1.54) is 25.7 Å². The number of rotatable bonds is 3. The molecule has 0 amide bonds. The van der Waals surface area contributed by atoms with Gasteiger partial charge in [-0.05, 0) is 55.3 Å². The standard InChI is InChI=1S/C12H18ClNO/c1-9-2-4-10(5-3-9)14-8-11-6-7-12(13)15-11/h6-7,9-10,14H,2-5,8H2,1H3. The molecule has 0 radical (unpaired) electrons. The third kappa shape index (κ3) is 3.25. The Morgan fingerprint density at radius 1 is 1.33 bits per heavy atom. The van der Waals surface area contributed by atoms with E-state index in [9.17, 15) is 0 Å². The van der Waals surface area contributed by atoms with Gasteiger partial charge in [0, 0.05) is 6.04 Å². The van der Waals surface area contributed by atoms with Crippen LogP contribution < -0.4 is 5.32 Å². The van der Waals surface area contributed by atoms with Gasteiger partial charge in [-0.3, -0.25) is 0 Å². The van der Waals surface area contributed by atoms with Crippen LogP contribution in [0.25, 0.3) is 0 Å². The van der Waals surface area contributed by atoms with Gasteiger partial charge in [0.1, 0.15) is 5.76 Å². The monoisotopic (exact) mass is 227 g/mol. The van der Waals surface area contributed by atoms with Crippen LogP contribution in [0, 0.1) is 5.92 Å². The average Bonchev–Trinajstić information content (AvgIpc) is 2.64. The van der Waals surface area contributed by atoms with Crippen LogP contribution >= 0.6 is 11.6 Å². The Hall–Kier alpha value is -0.470. The van der Waals surface area contributed by atoms with E-state index < -0.39 is 0 Å². The molecule has 1 fully saturated rings. The molecule has 0 saturated heterocycles. The number of hydrogen-bond acceptors (Lipinski definition) is 2. The predicted molar refractivity (Wildman–Crippen MR) is 62.0 cm³/mol. The highest BCUT2D eigenvalue weighted by Gasteiger charge is 2.17. The summed E-state index contributed by atoms with van der Waals surface area (Å²) >= 11 is 5.71. The maximum Gasteiger partial charge on any atom is 0.193 e. The summed E-state index contributed by atoms with van der Waals surface area (Å²) in [7, 11) is 0. The second-order valence-electron chi connectivity index (χ2n) is 4.54. The quantitative estimate of drug-likeness (QED) is 0.854. The first kappa shape index (κ1) is 11.0. The molecule has 1 heterocycles. The zero-order valence-electron chi connectivity index (χ0n) is 9.13. The number of hydrogen-bond donors (Lipinski definition) is 1. The van der Waals surface area contributed by atoms with Gasteiger partial charge in [0.15, 0.2) is 5.22 Å². The summed E-state index contributed by atoms with van der Waals surface area (Å²) in [5.41, 5.74) is 0. The first-order chi connectivity index (χ1) is 7.24. The van der Waals surface area contributed by atoms with Crippen molar-refractivity contribution in [2.45, 2.75) is 45.2 Å². The molecule has 1 aliphatic rings. The lowest BCUT2D eigenvalue weighted by Gasteiger charge is -2.26. The maximum atomic E-state index is 5.71. The molecule has 1 aromatic heterocycles. The zero-order valence-corrected chi connectivity index (χ0v) is 9.89. The number of nitrogens with one attached hydrogen (secondary N) is 1. The number of furan rings is 1. The van der Waals surface area contributed by atoms with Crippen molar-refractivity contribution in [2.24, 2.45) is 5.92 Å². The second kappa shape index (κ2) is 5.04. The van der Waals surface area contributed by atoms with E-state index in [0.29, 0.717) is 11.3 Å². The molecule has 2 rings (SSSR count). The third-order valence-electron chi connectivity index (χ3n) is 3.21. The third-order valence-corrected chi connectivity index (χ3v) is 3.41. The van der Waals surface area contributed by atoms with Crippen molar-refractivity contribution in [1.82, 2.24) is 5.32 Å². The highest BCUT2D eigenvalue weighted by atomic mass is 35.5. The highest BCUT2D eigenvalue weighted by Crippen LogP contribution is 2.23. The van der Waals surface area contributed by atoms with E-state index in [0.717, 1.165) is 18.2 Å². The lowest BCUT2D eigenvalue weighted by Crippen LogP contribution is -2.32. The Balaban J connectivity index is 1.74. The Morgan fingerprint density at radius 2 is 2.07 bits per heavy atom. The number of halogens is 1. The molecular weight excluding hydrogens is 210 g/mol. The van der Waals surface area contributed by atoms with Crippen molar-refractivity contribution in [3.63, 3.8) is 0 Å². The summed E-state index contributed by atoms with van der Waals surface area (Å²) in [6, 6.07) is 4.38. The lowest BCUT2D eigenvalue weighted by atomic mass is 9.87. The van der Waals surface area contributed by atoms with E-state index in [1.54, 1.807) is 6.07 Å². The zero-order chi connectivity index (χ0) is 10.7. The van der Waals surface area contributed by atoms with E-state index >= 15 is 0 Å². The van der Waals surface area contributed by atoms with Crippen LogP contribution in [0.5, 0.6) is 0 Å². The van der Waals surface area contributed by atoms with Crippen LogP contribution in [0.3, 0.4) is 0 Å². The van der Waals surface area contributed by atoms with Crippen molar-refractivity contribution in [1.29, 1.82) is 0 Å². The molecule has 84 valence electrons. The molecule has 0 spiro atoms. The Bertz CT molecular complexity index is 302. The lowest BCUT2D eigenvalue weighted by molar-refractivity contribution is 0.300. The SMILES string of the molecule is CC1CCC(NCc2ccc(Cl)o2)CC1. The molecule has 0 unspecified atom stereocenters. The summed E-state index contributed by atoms with van der Waals surface area (Å²) in [4.78, 5) is 0. The molecule has 0 aliphatic heterocycles. The highest BCUT2D eigenvalue weighted by molar-refractivity contribution is 6.28. The minimum absolute atomic E-state index is 0.476. The maximum absolute atomic E-state index is 5.71. The molecule has 1 aromatic rings. The van der Waals surface area contributed by atoms with Crippen molar-refractivity contribution in [3.05, 3.63) is 23.1 Å². The van der Waals surface area contributed by atoms with Gasteiger partial charge in [0.05, 0.1) is 6.54 Å². The first-order valence-corrected chi connectivity index (χ1v) is 6.09. The van der Waals surface area contributed by atoms with Crippen molar-refractivity contribution in [3.8, 4) is 0 Å². The molecular formula is C12H18ClNO. The van der Waals surface area contributed by atoms with Gasteiger partial charge in [-0.1, -0.05) is 6.92 Å². The summed E-state index contributed by atoms with van der Waals surface area (Å²) < 4.78 is 5.30. The summed E-state index contributed by atoms with van der Waals surface area (Å²) in [5, 5.41) is 4.00. The Labute approximate surface area is 96.0 Å². The molecule has 0 bridgehead atoms. The minimum Gasteiger partial charge on any atom is -0.448 e. The van der Waals surface area contributed by atoms with Crippen LogP contribution in [0.15, 0.2) is 16.5 Å². The van der Waals surface area contributed by atoms with Crippen LogP contribution in [0.4, 0.5) is 0 Å². The van der Waals surface area contributed by atoms with Crippen molar-refractivity contribution in [2.75, 3.05) is 0 Å². The fraction of sp³-hybridized carbons (Fsp3) is 0.667. The van der Waals surface area contributed by atoms with Crippen LogP contribution in [-0.2, 0) is 6.54 Å². The molecule has 1 saturated carbocycles. The molecule has 1 aliphatic carbocycles. The van der Waals surface area contributed by atoms with Gasteiger partial charge >= 0.3 is 0 Å². The Morgan fingerprint density at radius 3 is 2.67 bits per heavy atom. The predicted octanol–water partition coefficient (Wildman–Crippen LogP) is 3.60.